The van der Waals surface area contributed by atoms with Gasteiger partial charge in [-0.05, 0) is 79.6 Å². The minimum atomic E-state index is -4.37. The molecule has 1 atom stereocenters. The Labute approximate surface area is 271 Å². The zero-order valence-electron chi connectivity index (χ0n) is 23.9. The maximum Gasteiger partial charge on any atom is 0.416 e. The summed E-state index contributed by atoms with van der Waals surface area (Å²) in [4.78, 5) is 8.76. The summed E-state index contributed by atoms with van der Waals surface area (Å²) in [6.07, 6.45) is -2.90. The first-order valence-corrected chi connectivity index (χ1v) is 16.4. The van der Waals surface area contributed by atoms with E-state index in [4.69, 9.17) is 40.2 Å². The maximum absolute atomic E-state index is 13.5. The zero-order chi connectivity index (χ0) is 30.6. The summed E-state index contributed by atoms with van der Waals surface area (Å²) >= 11 is 19.7. The van der Waals surface area contributed by atoms with E-state index in [1.165, 1.54) is 23.9 Å². The standard InChI is InChI=1S/C32H34Cl2F3N3OS2/c1-22(20-24-25(33)6-4-7-26(24)34)31(42)41-19-18-39-16-14-38(15-17-39)12-5-13-40-27-8-2-3-9-29(27)43-30-11-10-23(21-28(30)40)32(35,36)37/h2-4,6-11,21-22H,5,12-20H2,1H3. The fourth-order valence-electron chi connectivity index (χ4n) is 5.47. The van der Waals surface area contributed by atoms with Gasteiger partial charge in [0.1, 0.15) is 6.61 Å². The molecule has 0 bridgehead atoms. The van der Waals surface area contributed by atoms with Crippen LogP contribution in [-0.4, -0.2) is 67.3 Å². The first-order chi connectivity index (χ1) is 20.6. The van der Waals surface area contributed by atoms with Crippen LogP contribution >= 0.6 is 47.2 Å². The molecule has 11 heteroatoms. The number of hydrogen-bond donors (Lipinski definition) is 0. The third kappa shape index (κ3) is 8.18. The Morgan fingerprint density at radius 2 is 1.53 bits per heavy atom. The number of ether oxygens (including phenoxy) is 1. The fraction of sp³-hybridized carbons (Fsp3) is 0.406. The predicted molar refractivity (Wildman–Crippen MR) is 174 cm³/mol. The van der Waals surface area contributed by atoms with E-state index < -0.39 is 11.7 Å². The van der Waals surface area contributed by atoms with Crippen molar-refractivity contribution in [3.05, 3.63) is 81.8 Å². The molecule has 0 aromatic heterocycles. The molecule has 2 aliphatic rings. The molecule has 0 aliphatic carbocycles. The molecular weight excluding hydrogens is 634 g/mol. The second kappa shape index (κ2) is 14.4. The minimum Gasteiger partial charge on any atom is -0.485 e. The van der Waals surface area contributed by atoms with Crippen molar-refractivity contribution in [2.75, 3.05) is 57.3 Å². The molecular formula is C32H34Cl2F3N3OS2. The third-order valence-electron chi connectivity index (χ3n) is 7.90. The molecule has 2 aliphatic heterocycles. The summed E-state index contributed by atoms with van der Waals surface area (Å²) in [5.41, 5.74) is 1.87. The van der Waals surface area contributed by atoms with Crippen LogP contribution in [-0.2, 0) is 17.3 Å². The van der Waals surface area contributed by atoms with E-state index in [0.29, 0.717) is 40.4 Å². The smallest absolute Gasteiger partial charge is 0.416 e. The summed E-state index contributed by atoms with van der Waals surface area (Å²) in [5, 5.41) is 1.84. The van der Waals surface area contributed by atoms with Crippen LogP contribution in [0.1, 0.15) is 24.5 Å². The van der Waals surface area contributed by atoms with Crippen LogP contribution in [0.5, 0.6) is 0 Å². The summed E-state index contributed by atoms with van der Waals surface area (Å²) in [5.74, 6) is 0.0155. The van der Waals surface area contributed by atoms with E-state index >= 15 is 0 Å². The Morgan fingerprint density at radius 3 is 2.23 bits per heavy atom. The second-order valence-corrected chi connectivity index (χ2v) is 13.2. The molecule has 4 nitrogen and oxygen atoms in total. The Balaban J connectivity index is 1.07. The van der Waals surface area contributed by atoms with Crippen molar-refractivity contribution in [2.45, 2.75) is 35.7 Å². The normalized spacial score (nSPS) is 16.5. The molecule has 1 fully saturated rings. The number of thiocarbonyl (C=S) groups is 1. The first-order valence-electron chi connectivity index (χ1n) is 14.4. The van der Waals surface area contributed by atoms with Gasteiger partial charge in [0.25, 0.3) is 0 Å². The molecule has 0 spiro atoms. The largest absolute Gasteiger partial charge is 0.485 e. The van der Waals surface area contributed by atoms with Gasteiger partial charge in [-0.3, -0.25) is 4.90 Å². The van der Waals surface area contributed by atoms with Gasteiger partial charge >= 0.3 is 6.18 Å². The van der Waals surface area contributed by atoms with Crippen LogP contribution < -0.4 is 4.90 Å². The van der Waals surface area contributed by atoms with Crippen LogP contribution in [0.3, 0.4) is 0 Å². The van der Waals surface area contributed by atoms with Gasteiger partial charge in [0.2, 0.25) is 0 Å². The summed E-state index contributed by atoms with van der Waals surface area (Å²) in [6.45, 7) is 8.63. The lowest BCUT2D eigenvalue weighted by Crippen LogP contribution is -2.47. The fourth-order valence-corrected chi connectivity index (χ4v) is 7.26. The van der Waals surface area contributed by atoms with E-state index in [9.17, 15) is 13.2 Å². The van der Waals surface area contributed by atoms with Gasteiger partial charge in [-0.1, -0.05) is 60.1 Å². The number of rotatable bonds is 10. The van der Waals surface area contributed by atoms with E-state index in [-0.39, 0.29) is 5.92 Å². The molecule has 1 unspecified atom stereocenters. The SMILES string of the molecule is CC(Cc1c(Cl)cccc1Cl)C(=S)OCCN1CCN(CCCN2c3ccccc3Sc3ccc(C(F)(F)F)cc32)CC1. The molecule has 0 amide bonds. The maximum atomic E-state index is 13.5. The van der Waals surface area contributed by atoms with Gasteiger partial charge in [0.05, 0.1) is 16.9 Å². The Kier molecular flexibility index (Phi) is 10.8. The molecule has 230 valence electrons. The third-order valence-corrected chi connectivity index (χ3v) is 10.3. The van der Waals surface area contributed by atoms with E-state index in [0.717, 1.165) is 66.7 Å². The van der Waals surface area contributed by atoms with Crippen LogP contribution in [0.25, 0.3) is 0 Å². The lowest BCUT2D eigenvalue weighted by Gasteiger charge is -2.36. The highest BCUT2D eigenvalue weighted by Gasteiger charge is 2.33. The number of nitrogens with zero attached hydrogens (tertiary/aromatic N) is 3. The highest BCUT2D eigenvalue weighted by atomic mass is 35.5. The number of piperazine rings is 1. The zero-order valence-corrected chi connectivity index (χ0v) is 27.0. The molecule has 0 radical (unpaired) electrons. The molecule has 3 aromatic rings. The van der Waals surface area contributed by atoms with E-state index in [1.54, 1.807) is 6.07 Å². The molecule has 2 heterocycles. The van der Waals surface area contributed by atoms with Gasteiger partial charge in [0.15, 0.2) is 5.05 Å². The van der Waals surface area contributed by atoms with Crippen LogP contribution in [0.15, 0.2) is 70.5 Å². The summed E-state index contributed by atoms with van der Waals surface area (Å²) < 4.78 is 46.4. The molecule has 5 rings (SSSR count). The van der Waals surface area contributed by atoms with Crippen molar-refractivity contribution in [3.63, 3.8) is 0 Å². The Bertz CT molecular complexity index is 1410. The van der Waals surface area contributed by atoms with E-state index in [2.05, 4.69) is 9.80 Å². The van der Waals surface area contributed by atoms with Crippen molar-refractivity contribution in [2.24, 2.45) is 5.92 Å². The van der Waals surface area contributed by atoms with Gasteiger partial charge in [-0.25, -0.2) is 0 Å². The topological polar surface area (TPSA) is 19.0 Å². The quantitative estimate of drug-likeness (QED) is 0.200. The number of alkyl halides is 3. The Hall–Kier alpha value is -2.01. The van der Waals surface area contributed by atoms with Crippen LogP contribution in [0.2, 0.25) is 10.0 Å². The molecule has 0 saturated carbocycles. The number of fused-ring (bicyclic) bond motifs is 2. The van der Waals surface area contributed by atoms with Gasteiger partial charge in [-0.2, -0.15) is 13.2 Å². The molecule has 1 saturated heterocycles. The number of benzene rings is 3. The van der Waals surface area contributed by atoms with E-state index in [1.807, 2.05) is 54.3 Å². The van der Waals surface area contributed by atoms with Gasteiger partial charge in [0, 0.05) is 65.0 Å². The molecule has 43 heavy (non-hydrogen) atoms. The lowest BCUT2D eigenvalue weighted by atomic mass is 10.0. The number of para-hydroxylation sites is 1. The number of anilines is 2. The average molecular weight is 669 g/mol. The van der Waals surface area contributed by atoms with Crippen LogP contribution in [0.4, 0.5) is 24.5 Å². The first kappa shape index (κ1) is 32.4. The van der Waals surface area contributed by atoms with Gasteiger partial charge < -0.3 is 14.5 Å². The van der Waals surface area contributed by atoms with Crippen LogP contribution in [0, 0.1) is 5.92 Å². The lowest BCUT2D eigenvalue weighted by molar-refractivity contribution is -0.137. The predicted octanol–water partition coefficient (Wildman–Crippen LogP) is 8.85. The summed E-state index contributed by atoms with van der Waals surface area (Å²) in [7, 11) is 0. The second-order valence-electron chi connectivity index (χ2n) is 10.9. The highest BCUT2D eigenvalue weighted by Crippen LogP contribution is 2.49. The summed E-state index contributed by atoms with van der Waals surface area (Å²) in [6, 6.07) is 17.5. The molecule has 0 N–H and O–H groups in total. The van der Waals surface area contributed by atoms with Crippen molar-refractivity contribution >= 4 is 63.6 Å². The minimum absolute atomic E-state index is 0.0155. The molecule has 3 aromatic carbocycles. The average Bonchev–Trinajstić information content (AvgIpc) is 2.98. The van der Waals surface area contributed by atoms with Gasteiger partial charge in [-0.15, -0.1) is 0 Å². The van der Waals surface area contributed by atoms with Crippen molar-refractivity contribution in [3.8, 4) is 0 Å². The monoisotopic (exact) mass is 667 g/mol. The van der Waals surface area contributed by atoms with Crippen molar-refractivity contribution in [1.82, 2.24) is 9.80 Å². The highest BCUT2D eigenvalue weighted by molar-refractivity contribution is 7.99. The van der Waals surface area contributed by atoms with Crippen molar-refractivity contribution in [1.29, 1.82) is 0 Å². The Morgan fingerprint density at radius 1 is 0.884 bits per heavy atom. The number of halogens is 5. The number of hydrogen-bond acceptors (Lipinski definition) is 6. The van der Waals surface area contributed by atoms with Crippen molar-refractivity contribution < 1.29 is 17.9 Å².